The van der Waals surface area contributed by atoms with Crippen LogP contribution in [-0.4, -0.2) is 13.7 Å². The maximum absolute atomic E-state index is 12.0. The molecule has 6 nitrogen and oxygen atoms in total. The Morgan fingerprint density at radius 2 is 0.481 bits per heavy atom. The summed E-state index contributed by atoms with van der Waals surface area (Å²) in [5.74, 6) is 0. The molecule has 0 spiro atoms. The molecule has 0 saturated heterocycles. The molecule has 52 heavy (non-hydrogen) atoms. The van der Waals surface area contributed by atoms with Crippen molar-refractivity contribution in [3.8, 4) is 17.1 Å². The van der Waals surface area contributed by atoms with Crippen LogP contribution in [-0.2, 0) is 20.1 Å². The van der Waals surface area contributed by atoms with Crippen molar-refractivity contribution in [3.05, 3.63) is 231 Å². The van der Waals surface area contributed by atoms with E-state index in [2.05, 4.69) is 0 Å². The first-order valence-electron chi connectivity index (χ1n) is 16.6. The Kier molecular flexibility index (Phi) is 11.3. The minimum atomic E-state index is -0.00472. The number of para-hydroxylation sites is 6. The average Bonchev–Trinajstić information content (AvgIpc) is 3.19. The molecule has 0 fully saturated rings. The van der Waals surface area contributed by atoms with Gasteiger partial charge in [-0.25, -0.2) is 0 Å². The Morgan fingerprint density at radius 1 is 0.250 bits per heavy atom. The molecule has 0 aliphatic heterocycles. The quantitative estimate of drug-likeness (QED) is 0.178. The Hall–Kier alpha value is -6.40. The molecule has 9 rings (SSSR count). The molecule has 3 aromatic heterocycles. The van der Waals surface area contributed by atoms with Gasteiger partial charge in [-0.1, -0.05) is 109 Å². The third-order valence-corrected chi connectivity index (χ3v) is 8.45. The van der Waals surface area contributed by atoms with Crippen LogP contribution in [0.3, 0.4) is 0 Å². The topological polar surface area (TPSA) is 66.0 Å². The van der Waals surface area contributed by atoms with Gasteiger partial charge in [0.05, 0.1) is 16.6 Å². The van der Waals surface area contributed by atoms with Gasteiger partial charge in [-0.3, -0.25) is 28.1 Å². The SMILES string of the molecule is O=c1ccc2ccccc2n1-c1ccccc1.O=c1ccc2ccccc2n1-c1ccccc1.O=c1ccc2ccccc2n1-c1ccccc1.[Ir]. The van der Waals surface area contributed by atoms with E-state index in [9.17, 15) is 14.4 Å². The summed E-state index contributed by atoms with van der Waals surface area (Å²) in [6.45, 7) is 0. The summed E-state index contributed by atoms with van der Waals surface area (Å²) in [4.78, 5) is 36.0. The van der Waals surface area contributed by atoms with Crippen molar-refractivity contribution >= 4 is 32.7 Å². The fourth-order valence-corrected chi connectivity index (χ4v) is 6.09. The van der Waals surface area contributed by atoms with Crippen LogP contribution in [0, 0.1) is 0 Å². The van der Waals surface area contributed by atoms with E-state index in [-0.39, 0.29) is 36.8 Å². The number of nitrogens with zero attached hydrogens (tertiary/aromatic N) is 3. The van der Waals surface area contributed by atoms with Gasteiger partial charge < -0.3 is 0 Å². The van der Waals surface area contributed by atoms with Crippen LogP contribution in [0.25, 0.3) is 49.8 Å². The Morgan fingerprint density at radius 3 is 0.750 bits per heavy atom. The predicted molar refractivity (Wildman–Crippen MR) is 209 cm³/mol. The van der Waals surface area contributed by atoms with Crippen molar-refractivity contribution in [1.29, 1.82) is 0 Å². The van der Waals surface area contributed by atoms with E-state index in [1.54, 1.807) is 31.9 Å². The van der Waals surface area contributed by atoms with Crippen LogP contribution in [0.5, 0.6) is 0 Å². The number of rotatable bonds is 3. The van der Waals surface area contributed by atoms with Crippen molar-refractivity contribution in [1.82, 2.24) is 13.7 Å². The monoisotopic (exact) mass is 856 g/mol. The van der Waals surface area contributed by atoms with Crippen LogP contribution >= 0.6 is 0 Å². The number of fused-ring (bicyclic) bond motifs is 3. The second kappa shape index (κ2) is 16.5. The first-order valence-corrected chi connectivity index (χ1v) is 16.6. The van der Waals surface area contributed by atoms with Gasteiger partial charge in [0, 0.05) is 55.4 Å². The first-order chi connectivity index (χ1) is 25.1. The van der Waals surface area contributed by atoms with Crippen LogP contribution < -0.4 is 16.7 Å². The number of benzene rings is 6. The zero-order chi connectivity index (χ0) is 35.0. The Balaban J connectivity index is 0.000000133. The van der Waals surface area contributed by atoms with Crippen molar-refractivity contribution in [2.45, 2.75) is 0 Å². The van der Waals surface area contributed by atoms with Gasteiger partial charge in [0.15, 0.2) is 0 Å². The second-order valence-corrected chi connectivity index (χ2v) is 11.7. The zero-order valence-electron chi connectivity index (χ0n) is 28.0. The van der Waals surface area contributed by atoms with Crippen LogP contribution in [0.15, 0.2) is 215 Å². The molecule has 0 saturated carbocycles. The van der Waals surface area contributed by atoms with Crippen molar-refractivity contribution in [2.75, 3.05) is 0 Å². The molecule has 3 heterocycles. The number of pyridine rings is 3. The first kappa shape index (κ1) is 35.4. The predicted octanol–water partition coefficient (Wildman–Crippen LogP) is 8.97. The summed E-state index contributed by atoms with van der Waals surface area (Å²) in [6.07, 6.45) is 0. The van der Waals surface area contributed by atoms with Crippen molar-refractivity contribution < 1.29 is 20.1 Å². The summed E-state index contributed by atoms with van der Waals surface area (Å²) in [5, 5.41) is 3.20. The molecule has 7 heteroatoms. The fourth-order valence-electron chi connectivity index (χ4n) is 6.09. The number of aromatic nitrogens is 3. The summed E-state index contributed by atoms with van der Waals surface area (Å²) in [6, 6.07) is 63.1. The molecule has 255 valence electrons. The van der Waals surface area contributed by atoms with E-state index in [1.165, 1.54) is 0 Å². The van der Waals surface area contributed by atoms with Crippen molar-refractivity contribution in [2.24, 2.45) is 0 Å². The van der Waals surface area contributed by atoms with E-state index in [1.807, 2.05) is 182 Å². The molecule has 0 aliphatic rings. The fraction of sp³-hybridized carbons (Fsp3) is 0. The molecule has 0 N–H and O–H groups in total. The van der Waals surface area contributed by atoms with E-state index >= 15 is 0 Å². The van der Waals surface area contributed by atoms with E-state index in [0.717, 1.165) is 49.8 Å². The van der Waals surface area contributed by atoms with Gasteiger partial charge in [0.2, 0.25) is 0 Å². The van der Waals surface area contributed by atoms with Crippen LogP contribution in [0.1, 0.15) is 0 Å². The van der Waals surface area contributed by atoms with Crippen LogP contribution in [0.2, 0.25) is 0 Å². The van der Waals surface area contributed by atoms with Gasteiger partial charge in [-0.2, -0.15) is 0 Å². The van der Waals surface area contributed by atoms with Crippen LogP contribution in [0.4, 0.5) is 0 Å². The minimum absolute atomic E-state index is 0. The summed E-state index contributed by atoms with van der Waals surface area (Å²) in [7, 11) is 0. The second-order valence-electron chi connectivity index (χ2n) is 11.7. The summed E-state index contributed by atoms with van der Waals surface area (Å²) >= 11 is 0. The van der Waals surface area contributed by atoms with E-state index in [0.29, 0.717) is 0 Å². The van der Waals surface area contributed by atoms with Gasteiger partial charge in [-0.05, 0) is 89.0 Å². The largest absolute Gasteiger partial charge is 0.277 e. The molecular formula is C45H33IrN3O3. The molecule has 0 amide bonds. The standard InChI is InChI=1S/3C15H11NO.Ir/c3*17-15-11-10-12-6-4-5-9-14(12)16(15)13-7-2-1-3-8-13;/h3*1-11H;. The third-order valence-electron chi connectivity index (χ3n) is 8.45. The molecule has 0 atom stereocenters. The van der Waals surface area contributed by atoms with E-state index in [4.69, 9.17) is 0 Å². The molecule has 9 aromatic rings. The maximum atomic E-state index is 12.0. The summed E-state index contributed by atoms with van der Waals surface area (Å²) < 4.78 is 5.19. The number of hydrogen-bond donors (Lipinski definition) is 0. The Bertz CT molecular complexity index is 2450. The summed E-state index contributed by atoms with van der Waals surface area (Å²) in [5.41, 5.74) is 5.49. The maximum Gasteiger partial charge on any atom is 0.255 e. The van der Waals surface area contributed by atoms with Gasteiger partial charge in [0.25, 0.3) is 16.7 Å². The Labute approximate surface area is 313 Å². The average molecular weight is 856 g/mol. The third kappa shape index (κ3) is 7.66. The minimum Gasteiger partial charge on any atom is -0.277 e. The molecule has 0 bridgehead atoms. The molecule has 6 aromatic carbocycles. The molecular weight excluding hydrogens is 823 g/mol. The molecule has 0 unspecified atom stereocenters. The molecule has 0 aliphatic carbocycles. The smallest absolute Gasteiger partial charge is 0.255 e. The van der Waals surface area contributed by atoms with Gasteiger partial charge >= 0.3 is 0 Å². The molecule has 1 radical (unpaired) electrons. The van der Waals surface area contributed by atoms with Gasteiger partial charge in [0.1, 0.15) is 0 Å². The van der Waals surface area contributed by atoms with Crippen molar-refractivity contribution in [3.63, 3.8) is 0 Å². The number of hydrogen-bond acceptors (Lipinski definition) is 3. The van der Waals surface area contributed by atoms with E-state index < -0.39 is 0 Å². The van der Waals surface area contributed by atoms with Gasteiger partial charge in [-0.15, -0.1) is 0 Å². The normalized spacial score (nSPS) is 10.4. The zero-order valence-corrected chi connectivity index (χ0v) is 30.3.